The van der Waals surface area contributed by atoms with Gasteiger partial charge in [-0.05, 0) is 104 Å². The van der Waals surface area contributed by atoms with Gasteiger partial charge < -0.3 is 10.2 Å². The van der Waals surface area contributed by atoms with E-state index in [2.05, 4.69) is 13.0 Å². The number of aromatic hydroxyl groups is 1. The topological polar surface area (TPSA) is 57.5 Å². The lowest BCUT2D eigenvalue weighted by atomic mass is 9.52. The molecule has 7 atom stereocenters. The van der Waals surface area contributed by atoms with E-state index in [0.717, 1.165) is 77.0 Å². The minimum absolute atomic E-state index is 0.0195. The van der Waals surface area contributed by atoms with E-state index in [-0.39, 0.29) is 17.3 Å². The molecule has 234 valence electrons. The number of alkyl halides is 5. The first kappa shape index (κ1) is 32.7. The highest BCUT2D eigenvalue weighted by Gasteiger charge is 2.57. The van der Waals surface area contributed by atoms with Gasteiger partial charge in [0, 0.05) is 28.7 Å². The van der Waals surface area contributed by atoms with Crippen molar-refractivity contribution in [2.45, 2.75) is 127 Å². The smallest absolute Gasteiger partial charge is 0.453 e. The molecule has 1 aromatic carbocycles. The minimum atomic E-state index is -5.54. The van der Waals surface area contributed by atoms with Crippen LogP contribution in [0.2, 0.25) is 0 Å². The van der Waals surface area contributed by atoms with Crippen LogP contribution in [0.1, 0.15) is 114 Å². The Morgan fingerprint density at radius 3 is 2.29 bits per heavy atom. The first-order chi connectivity index (χ1) is 19.3. The van der Waals surface area contributed by atoms with E-state index >= 15 is 0 Å². The van der Waals surface area contributed by atoms with Crippen LogP contribution in [0.5, 0.6) is 5.75 Å². The van der Waals surface area contributed by atoms with Crippen molar-refractivity contribution in [1.29, 1.82) is 0 Å². The monoisotopic (exact) mass is 606 g/mol. The second-order valence-corrected chi connectivity index (χ2v) is 14.9. The van der Waals surface area contributed by atoms with Crippen molar-refractivity contribution < 1.29 is 36.4 Å². The first-order valence-electron chi connectivity index (χ1n) is 15.6. The van der Waals surface area contributed by atoms with Crippen molar-refractivity contribution in [1.82, 2.24) is 0 Å². The third-order valence-electron chi connectivity index (χ3n) is 10.6. The first-order valence-corrected chi connectivity index (χ1v) is 17.1. The second kappa shape index (κ2) is 13.6. The van der Waals surface area contributed by atoms with Crippen LogP contribution in [0, 0.1) is 23.2 Å². The molecule has 0 aliphatic heterocycles. The number of phenolic OH excluding ortho intramolecular Hbond substituents is 1. The highest BCUT2D eigenvalue weighted by molar-refractivity contribution is 7.84. The van der Waals surface area contributed by atoms with Gasteiger partial charge in [-0.25, -0.2) is 0 Å². The van der Waals surface area contributed by atoms with E-state index in [1.165, 1.54) is 11.1 Å². The maximum Gasteiger partial charge on any atom is 0.453 e. The summed E-state index contributed by atoms with van der Waals surface area (Å²) in [6, 6.07) is 5.92. The molecule has 0 aromatic heterocycles. The standard InChI is InChI=1S/C32H47F5O3S/c1-30-17-15-26-25-12-11-24(38)21-23(25)20-22(29(26)27(30)13-14-28(30)39)10-7-5-3-2-4-6-8-18-41(40)19-9-16-31(33,34)32(35,36)37/h11-12,21-22,26-29,38-39H,2-10,13-20H2,1H3/t22-,26?,27?,28+,29?,30+,41+/m1/s1. The average molecular weight is 607 g/mol. The van der Waals surface area contributed by atoms with E-state index in [9.17, 15) is 36.4 Å². The van der Waals surface area contributed by atoms with E-state index in [1.54, 1.807) is 0 Å². The quantitative estimate of drug-likeness (QED) is 0.165. The fourth-order valence-electron chi connectivity index (χ4n) is 8.28. The fourth-order valence-corrected chi connectivity index (χ4v) is 9.48. The summed E-state index contributed by atoms with van der Waals surface area (Å²) < 4.78 is 74.5. The molecule has 3 unspecified atom stereocenters. The molecule has 2 fully saturated rings. The molecule has 0 radical (unpaired) electrons. The maximum atomic E-state index is 13.0. The number of hydrogen-bond donors (Lipinski definition) is 2. The highest BCUT2D eigenvalue weighted by Crippen LogP contribution is 2.62. The SMILES string of the molecule is C[C@]12CCC3c4ccc(O)cc4C[C@@H](CCCCCCCCC[S@](=O)CCCC(F)(F)C(F)(F)F)C3C1CC[C@@H]2O. The third kappa shape index (κ3) is 7.66. The Morgan fingerprint density at radius 2 is 1.59 bits per heavy atom. The normalized spacial score (nSPS) is 30.5. The summed E-state index contributed by atoms with van der Waals surface area (Å²) in [5.41, 5.74) is 2.73. The van der Waals surface area contributed by atoms with Gasteiger partial charge in [0.25, 0.3) is 0 Å². The minimum Gasteiger partial charge on any atom is -0.508 e. The van der Waals surface area contributed by atoms with Gasteiger partial charge in [-0.1, -0.05) is 51.5 Å². The molecular weight excluding hydrogens is 559 g/mol. The number of unbranched alkanes of at least 4 members (excludes halogenated alkanes) is 6. The van der Waals surface area contributed by atoms with Crippen LogP contribution in [-0.4, -0.2) is 44.1 Å². The zero-order chi connectivity index (χ0) is 29.8. The lowest BCUT2D eigenvalue weighted by Gasteiger charge is -2.53. The molecule has 9 heteroatoms. The van der Waals surface area contributed by atoms with Gasteiger partial charge >= 0.3 is 12.1 Å². The number of fused-ring (bicyclic) bond motifs is 5. The Labute approximate surface area is 244 Å². The largest absolute Gasteiger partial charge is 0.508 e. The molecule has 41 heavy (non-hydrogen) atoms. The fraction of sp³-hybridized carbons (Fsp3) is 0.812. The maximum absolute atomic E-state index is 13.0. The molecule has 3 aliphatic rings. The Balaban J connectivity index is 1.15. The lowest BCUT2D eigenvalue weighted by Crippen LogP contribution is -2.47. The lowest BCUT2D eigenvalue weighted by molar-refractivity contribution is -0.284. The second-order valence-electron chi connectivity index (χ2n) is 13.2. The Kier molecular flexibility index (Phi) is 10.8. The molecule has 0 amide bonds. The molecular formula is C32H47F5O3S. The molecule has 0 spiro atoms. The van der Waals surface area contributed by atoms with Gasteiger partial charge in [-0.15, -0.1) is 0 Å². The van der Waals surface area contributed by atoms with Crippen LogP contribution in [0.3, 0.4) is 0 Å². The number of hydrogen-bond acceptors (Lipinski definition) is 3. The molecule has 4 rings (SSSR count). The van der Waals surface area contributed by atoms with Crippen molar-refractivity contribution in [3.63, 3.8) is 0 Å². The molecule has 3 aliphatic carbocycles. The van der Waals surface area contributed by atoms with E-state index in [1.807, 2.05) is 12.1 Å². The van der Waals surface area contributed by atoms with Crippen molar-refractivity contribution in [3.8, 4) is 5.75 Å². The molecule has 0 saturated heterocycles. The molecule has 2 saturated carbocycles. The Hall–Kier alpha value is -1.22. The van der Waals surface area contributed by atoms with Gasteiger partial charge in [-0.3, -0.25) is 4.21 Å². The van der Waals surface area contributed by atoms with Crippen LogP contribution in [-0.2, 0) is 17.2 Å². The highest BCUT2D eigenvalue weighted by atomic mass is 32.2. The average Bonchev–Trinajstić information content (AvgIpc) is 3.20. The predicted octanol–water partition coefficient (Wildman–Crippen LogP) is 8.68. The van der Waals surface area contributed by atoms with Crippen LogP contribution in [0.15, 0.2) is 18.2 Å². The van der Waals surface area contributed by atoms with Crippen molar-refractivity contribution in [3.05, 3.63) is 29.3 Å². The van der Waals surface area contributed by atoms with Gasteiger partial charge in [0.15, 0.2) is 0 Å². The van der Waals surface area contributed by atoms with Crippen LogP contribution >= 0.6 is 0 Å². The Bertz CT molecular complexity index is 1030. The molecule has 2 N–H and O–H groups in total. The van der Waals surface area contributed by atoms with Crippen LogP contribution in [0.25, 0.3) is 0 Å². The number of rotatable bonds is 14. The summed E-state index contributed by atoms with van der Waals surface area (Å²) in [6.45, 7) is 2.30. The van der Waals surface area contributed by atoms with Crippen LogP contribution in [0.4, 0.5) is 22.0 Å². The van der Waals surface area contributed by atoms with Gasteiger partial charge in [-0.2, -0.15) is 22.0 Å². The summed E-state index contributed by atoms with van der Waals surface area (Å²) in [4.78, 5) is 0. The Morgan fingerprint density at radius 1 is 0.927 bits per heavy atom. The molecule has 1 aromatic rings. The zero-order valence-electron chi connectivity index (χ0n) is 24.2. The van der Waals surface area contributed by atoms with Crippen molar-refractivity contribution in [2.75, 3.05) is 11.5 Å². The summed E-state index contributed by atoms with van der Waals surface area (Å²) in [5, 5.41) is 21.0. The van der Waals surface area contributed by atoms with Crippen LogP contribution < -0.4 is 0 Å². The number of aliphatic hydroxyl groups is 1. The van der Waals surface area contributed by atoms with Gasteiger partial charge in [0.05, 0.1) is 6.10 Å². The molecule has 0 heterocycles. The van der Waals surface area contributed by atoms with E-state index in [0.29, 0.717) is 41.6 Å². The molecule has 3 nitrogen and oxygen atoms in total. The third-order valence-corrected chi connectivity index (χ3v) is 12.0. The predicted molar refractivity (Wildman–Crippen MR) is 153 cm³/mol. The van der Waals surface area contributed by atoms with Gasteiger partial charge in [0.2, 0.25) is 0 Å². The van der Waals surface area contributed by atoms with E-state index < -0.39 is 35.7 Å². The summed E-state index contributed by atoms with van der Waals surface area (Å²) in [7, 11) is -1.35. The van der Waals surface area contributed by atoms with Gasteiger partial charge in [0.1, 0.15) is 5.75 Å². The molecule has 0 bridgehead atoms. The van der Waals surface area contributed by atoms with Crippen molar-refractivity contribution >= 4 is 10.8 Å². The van der Waals surface area contributed by atoms with Crippen molar-refractivity contribution in [2.24, 2.45) is 23.2 Å². The number of halogens is 5. The number of aliphatic hydroxyl groups excluding tert-OH is 1. The summed E-state index contributed by atoms with van der Waals surface area (Å²) >= 11 is 0. The summed E-state index contributed by atoms with van der Waals surface area (Å²) in [5.74, 6) is -1.91. The summed E-state index contributed by atoms with van der Waals surface area (Å²) in [6.07, 6.45) is 5.97. The zero-order valence-corrected chi connectivity index (χ0v) is 25.1. The van der Waals surface area contributed by atoms with E-state index in [4.69, 9.17) is 0 Å². The number of phenols is 1. The number of benzene rings is 1.